The summed E-state index contributed by atoms with van der Waals surface area (Å²) in [6, 6.07) is 34.3. The van der Waals surface area contributed by atoms with Crippen LogP contribution in [0.25, 0.3) is 33.8 Å². The summed E-state index contributed by atoms with van der Waals surface area (Å²) in [5, 5.41) is 12.6. The van der Waals surface area contributed by atoms with E-state index in [1.54, 1.807) is 32.0 Å². The van der Waals surface area contributed by atoms with Crippen molar-refractivity contribution < 1.29 is 51.9 Å². The van der Waals surface area contributed by atoms with Gasteiger partial charge in [0.25, 0.3) is 5.91 Å². The number of nitrogens with zero attached hydrogens (tertiary/aromatic N) is 7. The fourth-order valence-corrected chi connectivity index (χ4v) is 7.94. The first-order valence-electron chi connectivity index (χ1n) is 21.9. The molecule has 2 aliphatic rings. The van der Waals surface area contributed by atoms with Gasteiger partial charge >= 0.3 is 18.3 Å². The van der Waals surface area contributed by atoms with Crippen LogP contribution in [0.5, 0.6) is 11.8 Å². The summed E-state index contributed by atoms with van der Waals surface area (Å²) in [6.45, 7) is 2.11. The van der Waals surface area contributed by atoms with Crippen LogP contribution in [0.15, 0.2) is 146 Å². The van der Waals surface area contributed by atoms with Crippen molar-refractivity contribution in [1.29, 1.82) is 0 Å². The predicted octanol–water partition coefficient (Wildman–Crippen LogP) is 10.9. The van der Waals surface area contributed by atoms with Gasteiger partial charge in [0.15, 0.2) is 5.69 Å². The fourth-order valence-electron chi connectivity index (χ4n) is 7.94. The average molecular weight is 1080 g/mol. The molecule has 1 amide bonds. The largest absolute Gasteiger partial charge is 0.476 e. The Labute approximate surface area is 415 Å². The lowest BCUT2D eigenvalue weighted by atomic mass is 10.1. The van der Waals surface area contributed by atoms with Gasteiger partial charge in [0, 0.05) is 62.1 Å². The molecule has 366 valence electrons. The van der Waals surface area contributed by atoms with Crippen molar-refractivity contribution in [1.82, 2.24) is 39.0 Å². The topological polar surface area (TPSA) is 148 Å². The van der Waals surface area contributed by atoms with Crippen LogP contribution in [0.1, 0.15) is 59.2 Å². The fraction of sp³-hybridized carbons (Fsp3) is 0.240. The normalized spacial score (nSPS) is 15.6. The minimum absolute atomic E-state index is 0. The number of hydrogen-bond donors (Lipinski definition) is 2. The van der Waals surface area contributed by atoms with Crippen molar-refractivity contribution in [2.75, 3.05) is 26.3 Å². The Bertz CT molecular complexity index is 2990. The molecule has 0 saturated carbocycles. The van der Waals surface area contributed by atoms with Gasteiger partial charge in [-0.15, -0.1) is 24.0 Å². The minimum atomic E-state index is -4.45. The Balaban J connectivity index is 0.000000189. The van der Waals surface area contributed by atoms with Crippen LogP contribution in [-0.2, 0) is 12.4 Å². The van der Waals surface area contributed by atoms with Crippen molar-refractivity contribution in [2.24, 2.45) is 0 Å². The van der Waals surface area contributed by atoms with E-state index in [-0.39, 0.29) is 67.5 Å². The third-order valence-electron chi connectivity index (χ3n) is 11.3. The lowest BCUT2D eigenvalue weighted by Gasteiger charge is -2.25. The number of pyridine rings is 4. The number of carboxylic acid groups (broad SMARTS) is 1. The number of carboxylic acids is 1. The van der Waals surface area contributed by atoms with Crippen LogP contribution < -0.4 is 14.8 Å². The van der Waals surface area contributed by atoms with Gasteiger partial charge in [0.2, 0.25) is 11.8 Å². The molecule has 6 aromatic heterocycles. The van der Waals surface area contributed by atoms with Gasteiger partial charge in [0.1, 0.15) is 41.6 Å². The maximum absolute atomic E-state index is 13.8. The second kappa shape index (κ2) is 22.6. The molecule has 13 nitrogen and oxygen atoms in total. The number of halogens is 7. The van der Waals surface area contributed by atoms with Gasteiger partial charge in [-0.1, -0.05) is 72.8 Å². The standard InChI is InChI=1S/C25H21F3N4O2.C14H10N2O2.C11H13F3N2O.HI.H2/c26-25(27,28)18-11-12-21(29-15-18)34-16-19-9-6-14-31(19)24(33)23-22(17-7-2-1-3-8-17)30-20-10-4-5-13-32(20)23;17-14(18)13-12(10-6-2-1-3-7-10)15-11-8-4-5-9-16(11)13;12-11(13,14)8-3-4-10(16-6-8)17-7-9-2-1-5-15-9;;/h1-5,7-8,10-13,15,19H,6,9,14,16H2;1-9H,(H,17,18);3-4,6,9,15H,1-2,5,7H2;2*1H/t19-;;9-;;/m0.0../s1. The second-order valence-corrected chi connectivity index (χ2v) is 16.0. The van der Waals surface area contributed by atoms with E-state index in [9.17, 15) is 41.0 Å². The zero-order valence-electron chi connectivity index (χ0n) is 37.1. The molecule has 0 aliphatic carbocycles. The van der Waals surface area contributed by atoms with Gasteiger partial charge < -0.3 is 24.8 Å². The van der Waals surface area contributed by atoms with Crippen molar-refractivity contribution in [3.63, 3.8) is 0 Å². The highest BCUT2D eigenvalue weighted by Crippen LogP contribution is 2.32. The molecule has 2 atom stereocenters. The Hall–Kier alpha value is -7.07. The van der Waals surface area contributed by atoms with Gasteiger partial charge in [-0.3, -0.25) is 13.6 Å². The Morgan fingerprint density at radius 1 is 0.643 bits per heavy atom. The third-order valence-corrected chi connectivity index (χ3v) is 11.3. The number of carbonyl (C=O) groups excluding carboxylic acids is 1. The number of rotatable bonds is 10. The number of fused-ring (bicyclic) bond motifs is 2. The van der Waals surface area contributed by atoms with E-state index in [2.05, 4.69) is 20.3 Å². The average Bonchev–Trinajstić information content (AvgIpc) is 4.20. The Kier molecular flexibility index (Phi) is 16.4. The highest BCUT2D eigenvalue weighted by atomic mass is 127. The number of likely N-dealkylation sites (tertiary alicyclic amines) is 1. The molecule has 2 aromatic carbocycles. The Morgan fingerprint density at radius 2 is 1.14 bits per heavy atom. The maximum Gasteiger partial charge on any atom is 0.417 e. The molecule has 0 radical (unpaired) electrons. The van der Waals surface area contributed by atoms with Crippen LogP contribution in [0, 0.1) is 0 Å². The summed E-state index contributed by atoms with van der Waals surface area (Å²) in [5.74, 6) is -0.824. The summed E-state index contributed by atoms with van der Waals surface area (Å²) < 4.78 is 89.4. The van der Waals surface area contributed by atoms with E-state index >= 15 is 0 Å². The Morgan fingerprint density at radius 3 is 1.61 bits per heavy atom. The van der Waals surface area contributed by atoms with Gasteiger partial charge in [-0.2, -0.15) is 26.3 Å². The van der Waals surface area contributed by atoms with Crippen molar-refractivity contribution in [3.8, 4) is 34.3 Å². The highest BCUT2D eigenvalue weighted by molar-refractivity contribution is 14.0. The van der Waals surface area contributed by atoms with E-state index in [1.807, 2.05) is 91.1 Å². The predicted molar refractivity (Wildman–Crippen MR) is 260 cm³/mol. The van der Waals surface area contributed by atoms with Crippen LogP contribution >= 0.6 is 24.0 Å². The number of imidazole rings is 2. The first kappa shape index (κ1) is 50.8. The number of alkyl halides is 6. The molecule has 8 heterocycles. The molecule has 2 N–H and O–H groups in total. The number of aromatic nitrogens is 6. The quantitative estimate of drug-likeness (QED) is 0.100. The van der Waals surface area contributed by atoms with E-state index in [0.29, 0.717) is 41.5 Å². The summed E-state index contributed by atoms with van der Waals surface area (Å²) >= 11 is 0. The summed E-state index contributed by atoms with van der Waals surface area (Å²) in [6.07, 6.45) is -0.0808. The van der Waals surface area contributed by atoms with E-state index in [4.69, 9.17) is 14.5 Å². The molecular formula is C50H47F6IN8O5. The molecule has 0 unspecified atom stereocenters. The molecule has 2 saturated heterocycles. The van der Waals surface area contributed by atoms with Gasteiger partial charge in [-0.25, -0.2) is 24.7 Å². The first-order chi connectivity index (χ1) is 33.2. The van der Waals surface area contributed by atoms with Gasteiger partial charge in [0.05, 0.1) is 17.2 Å². The van der Waals surface area contributed by atoms with E-state index < -0.39 is 29.4 Å². The number of nitrogens with one attached hydrogen (secondary N) is 1. The summed E-state index contributed by atoms with van der Waals surface area (Å²) in [7, 11) is 0. The van der Waals surface area contributed by atoms with Crippen LogP contribution in [0.4, 0.5) is 26.3 Å². The molecule has 8 aromatic rings. The highest BCUT2D eigenvalue weighted by Gasteiger charge is 2.35. The summed E-state index contributed by atoms with van der Waals surface area (Å²) in [5.41, 5.74) is 3.12. The zero-order valence-corrected chi connectivity index (χ0v) is 39.4. The number of carbonyl (C=O) groups is 2. The molecule has 2 fully saturated rings. The van der Waals surface area contributed by atoms with Crippen LogP contribution in [0.2, 0.25) is 0 Å². The van der Waals surface area contributed by atoms with Crippen molar-refractivity contribution in [3.05, 3.63) is 169 Å². The molecule has 70 heavy (non-hydrogen) atoms. The summed E-state index contributed by atoms with van der Waals surface area (Å²) in [4.78, 5) is 43.4. The number of benzene rings is 2. The molecule has 10 rings (SSSR count). The van der Waals surface area contributed by atoms with E-state index in [1.165, 1.54) is 12.1 Å². The molecular weight excluding hydrogens is 1030 g/mol. The van der Waals surface area contributed by atoms with Gasteiger partial charge in [-0.05, 0) is 68.6 Å². The van der Waals surface area contributed by atoms with E-state index in [0.717, 1.165) is 67.9 Å². The van der Waals surface area contributed by atoms with Crippen molar-refractivity contribution in [2.45, 2.75) is 50.1 Å². The molecule has 0 bridgehead atoms. The number of amides is 1. The monoisotopic (exact) mass is 1080 g/mol. The lowest BCUT2D eigenvalue weighted by molar-refractivity contribution is -0.138. The number of ether oxygens (including phenoxy) is 2. The zero-order chi connectivity index (χ0) is 48.5. The van der Waals surface area contributed by atoms with Crippen LogP contribution in [-0.4, -0.2) is 89.0 Å². The molecule has 20 heteroatoms. The number of aromatic carboxylic acids is 1. The maximum atomic E-state index is 13.8. The van der Waals surface area contributed by atoms with Crippen molar-refractivity contribution >= 4 is 47.1 Å². The smallest absolute Gasteiger partial charge is 0.417 e. The number of hydrogen-bond acceptors (Lipinski definition) is 9. The third kappa shape index (κ3) is 12.2. The first-order valence-corrected chi connectivity index (χ1v) is 21.9. The minimum Gasteiger partial charge on any atom is -0.476 e. The molecule has 0 spiro atoms. The SMILES string of the molecule is FC(F)(F)c1ccc(OC[C@@H]2CCCN2)nc1.I.O=C(O)c1c(-c2ccccc2)nc2ccccn12.O=C(c1c(-c2ccccc2)nc2ccccn12)N1CCC[C@H]1COc1ccc(C(F)(F)F)cn1.[HH]. The van der Waals surface area contributed by atoms with Crippen LogP contribution in [0.3, 0.4) is 0 Å². The lowest BCUT2D eigenvalue weighted by Crippen LogP contribution is -2.39. The molecule has 2 aliphatic heterocycles. The second-order valence-electron chi connectivity index (χ2n) is 16.0.